The Bertz CT molecular complexity index is 353. The summed E-state index contributed by atoms with van der Waals surface area (Å²) in [4.78, 5) is 11.4. The van der Waals surface area contributed by atoms with Gasteiger partial charge >= 0.3 is 0 Å². The summed E-state index contributed by atoms with van der Waals surface area (Å²) in [6.45, 7) is 3.11. The van der Waals surface area contributed by atoms with Gasteiger partial charge < -0.3 is 10.5 Å². The molecular weight excluding hydrogens is 204 g/mol. The predicted molar refractivity (Wildman–Crippen MR) is 63.0 cm³/mol. The summed E-state index contributed by atoms with van der Waals surface area (Å²) in [6.07, 6.45) is 0. The second kappa shape index (κ2) is 6.25. The third-order valence-electron chi connectivity index (χ3n) is 2.44. The standard InChI is InChI=1S/C12H18N2O2/c1-9-5-3-4-6-10(9)11(12(13)15)14-7-8-16-2/h3-6,11,14H,7-8H2,1-2H3,(H2,13,15). The van der Waals surface area contributed by atoms with Gasteiger partial charge in [-0.3, -0.25) is 10.1 Å². The van der Waals surface area contributed by atoms with Crippen molar-refractivity contribution in [3.8, 4) is 0 Å². The van der Waals surface area contributed by atoms with Gasteiger partial charge in [0.15, 0.2) is 0 Å². The van der Waals surface area contributed by atoms with E-state index in [2.05, 4.69) is 5.32 Å². The molecule has 88 valence electrons. The normalized spacial score (nSPS) is 12.4. The molecule has 16 heavy (non-hydrogen) atoms. The van der Waals surface area contributed by atoms with E-state index in [9.17, 15) is 4.79 Å². The van der Waals surface area contributed by atoms with Crippen LogP contribution < -0.4 is 11.1 Å². The first-order valence-electron chi connectivity index (χ1n) is 5.24. The number of amides is 1. The number of primary amides is 1. The van der Waals surface area contributed by atoms with Gasteiger partial charge in [-0.2, -0.15) is 0 Å². The molecule has 0 aliphatic rings. The van der Waals surface area contributed by atoms with Gasteiger partial charge in [-0.05, 0) is 18.1 Å². The van der Waals surface area contributed by atoms with Crippen LogP contribution in [-0.4, -0.2) is 26.2 Å². The van der Waals surface area contributed by atoms with Crippen LogP contribution in [0.25, 0.3) is 0 Å². The summed E-state index contributed by atoms with van der Waals surface area (Å²) in [7, 11) is 1.62. The minimum atomic E-state index is -0.448. The van der Waals surface area contributed by atoms with Crippen LogP contribution in [0, 0.1) is 6.92 Å². The zero-order chi connectivity index (χ0) is 12.0. The van der Waals surface area contributed by atoms with Crippen molar-refractivity contribution in [2.75, 3.05) is 20.3 Å². The first-order valence-corrected chi connectivity index (χ1v) is 5.24. The van der Waals surface area contributed by atoms with E-state index in [1.54, 1.807) is 7.11 Å². The summed E-state index contributed by atoms with van der Waals surface area (Å²) >= 11 is 0. The summed E-state index contributed by atoms with van der Waals surface area (Å²) in [5.74, 6) is -0.370. The lowest BCUT2D eigenvalue weighted by Crippen LogP contribution is -2.35. The maximum atomic E-state index is 11.4. The van der Waals surface area contributed by atoms with E-state index in [-0.39, 0.29) is 5.91 Å². The molecule has 1 unspecified atom stereocenters. The van der Waals surface area contributed by atoms with Crippen molar-refractivity contribution in [3.63, 3.8) is 0 Å². The van der Waals surface area contributed by atoms with Gasteiger partial charge in [0.25, 0.3) is 0 Å². The SMILES string of the molecule is COCCNC(C(N)=O)c1ccccc1C. The molecule has 0 heterocycles. The third kappa shape index (κ3) is 3.32. The molecule has 4 nitrogen and oxygen atoms in total. The number of hydrogen-bond acceptors (Lipinski definition) is 3. The topological polar surface area (TPSA) is 64.3 Å². The lowest BCUT2D eigenvalue weighted by atomic mass is 10.0. The van der Waals surface area contributed by atoms with E-state index in [0.29, 0.717) is 13.2 Å². The number of carbonyl (C=O) groups excluding carboxylic acids is 1. The molecule has 0 spiro atoms. The summed E-state index contributed by atoms with van der Waals surface area (Å²) in [5, 5.41) is 3.08. The molecule has 1 amide bonds. The van der Waals surface area contributed by atoms with Crippen LogP contribution in [-0.2, 0) is 9.53 Å². The van der Waals surface area contributed by atoms with Crippen LogP contribution in [0.2, 0.25) is 0 Å². The molecule has 0 aromatic heterocycles. The molecule has 0 fully saturated rings. The van der Waals surface area contributed by atoms with Crippen LogP contribution in [0.1, 0.15) is 17.2 Å². The van der Waals surface area contributed by atoms with Crippen molar-refractivity contribution in [2.45, 2.75) is 13.0 Å². The molecule has 1 aromatic carbocycles. The third-order valence-corrected chi connectivity index (χ3v) is 2.44. The zero-order valence-electron chi connectivity index (χ0n) is 9.69. The molecule has 0 bridgehead atoms. The molecule has 0 saturated carbocycles. The van der Waals surface area contributed by atoms with Crippen molar-refractivity contribution in [3.05, 3.63) is 35.4 Å². The van der Waals surface area contributed by atoms with Crippen molar-refractivity contribution in [2.24, 2.45) is 5.73 Å². The number of rotatable bonds is 6. The fraction of sp³-hybridized carbons (Fsp3) is 0.417. The molecule has 1 rings (SSSR count). The first kappa shape index (κ1) is 12.7. The van der Waals surface area contributed by atoms with Gasteiger partial charge in [-0.25, -0.2) is 0 Å². The van der Waals surface area contributed by atoms with E-state index < -0.39 is 6.04 Å². The number of aryl methyl sites for hydroxylation is 1. The number of benzene rings is 1. The molecule has 4 heteroatoms. The van der Waals surface area contributed by atoms with Gasteiger partial charge in [0.1, 0.15) is 6.04 Å². The highest BCUT2D eigenvalue weighted by Gasteiger charge is 2.18. The lowest BCUT2D eigenvalue weighted by molar-refractivity contribution is -0.120. The fourth-order valence-corrected chi connectivity index (χ4v) is 1.58. The van der Waals surface area contributed by atoms with Crippen LogP contribution in [0.5, 0.6) is 0 Å². The minimum Gasteiger partial charge on any atom is -0.383 e. The first-order chi connectivity index (χ1) is 7.66. The summed E-state index contributed by atoms with van der Waals surface area (Å²) < 4.78 is 4.92. The Morgan fingerprint density at radius 3 is 2.75 bits per heavy atom. The highest BCUT2D eigenvalue weighted by atomic mass is 16.5. The second-order valence-electron chi connectivity index (χ2n) is 3.64. The van der Waals surface area contributed by atoms with Gasteiger partial charge in [0.2, 0.25) is 5.91 Å². The van der Waals surface area contributed by atoms with Crippen molar-refractivity contribution in [1.29, 1.82) is 0 Å². The van der Waals surface area contributed by atoms with E-state index in [0.717, 1.165) is 11.1 Å². The van der Waals surface area contributed by atoms with E-state index in [1.165, 1.54) is 0 Å². The fourth-order valence-electron chi connectivity index (χ4n) is 1.58. The van der Waals surface area contributed by atoms with Gasteiger partial charge in [0.05, 0.1) is 6.61 Å². The molecule has 0 saturated heterocycles. The average Bonchev–Trinajstić information content (AvgIpc) is 2.25. The molecule has 1 atom stereocenters. The van der Waals surface area contributed by atoms with Crippen molar-refractivity contribution in [1.82, 2.24) is 5.32 Å². The Morgan fingerprint density at radius 2 is 2.19 bits per heavy atom. The number of nitrogens with one attached hydrogen (secondary N) is 1. The van der Waals surface area contributed by atoms with Crippen molar-refractivity contribution < 1.29 is 9.53 Å². The Morgan fingerprint density at radius 1 is 1.50 bits per heavy atom. The Kier molecular flexibility index (Phi) is 4.95. The lowest BCUT2D eigenvalue weighted by Gasteiger charge is -2.17. The quantitative estimate of drug-likeness (QED) is 0.698. The second-order valence-corrected chi connectivity index (χ2v) is 3.64. The van der Waals surface area contributed by atoms with Crippen LogP contribution in [0.3, 0.4) is 0 Å². The maximum absolute atomic E-state index is 11.4. The summed E-state index contributed by atoms with van der Waals surface area (Å²) in [5.41, 5.74) is 7.35. The average molecular weight is 222 g/mol. The molecule has 3 N–H and O–H groups in total. The van der Waals surface area contributed by atoms with Crippen molar-refractivity contribution >= 4 is 5.91 Å². The number of nitrogens with two attached hydrogens (primary N) is 1. The summed E-state index contributed by atoms with van der Waals surface area (Å²) in [6, 6.07) is 7.26. The maximum Gasteiger partial charge on any atom is 0.239 e. The Hall–Kier alpha value is -1.39. The minimum absolute atomic E-state index is 0.370. The molecule has 0 aliphatic heterocycles. The molecular formula is C12H18N2O2. The molecule has 0 aliphatic carbocycles. The monoisotopic (exact) mass is 222 g/mol. The van der Waals surface area contributed by atoms with Crippen LogP contribution >= 0.6 is 0 Å². The highest BCUT2D eigenvalue weighted by Crippen LogP contribution is 2.16. The highest BCUT2D eigenvalue weighted by molar-refractivity contribution is 5.81. The van der Waals surface area contributed by atoms with Crippen LogP contribution in [0.4, 0.5) is 0 Å². The Balaban J connectivity index is 2.78. The Labute approximate surface area is 95.8 Å². The van der Waals surface area contributed by atoms with Gasteiger partial charge in [0, 0.05) is 13.7 Å². The van der Waals surface area contributed by atoms with Crippen LogP contribution in [0.15, 0.2) is 24.3 Å². The number of hydrogen-bond donors (Lipinski definition) is 2. The predicted octanol–water partition coefficient (Wildman–Crippen LogP) is 0.757. The van der Waals surface area contributed by atoms with E-state index >= 15 is 0 Å². The van der Waals surface area contributed by atoms with Gasteiger partial charge in [-0.15, -0.1) is 0 Å². The van der Waals surface area contributed by atoms with Gasteiger partial charge in [-0.1, -0.05) is 24.3 Å². The van der Waals surface area contributed by atoms with E-state index in [4.69, 9.17) is 10.5 Å². The number of ether oxygens (including phenoxy) is 1. The van der Waals surface area contributed by atoms with E-state index in [1.807, 2.05) is 31.2 Å². The zero-order valence-corrected chi connectivity index (χ0v) is 9.69. The smallest absolute Gasteiger partial charge is 0.239 e. The number of carbonyl (C=O) groups is 1. The number of methoxy groups -OCH3 is 1. The molecule has 0 radical (unpaired) electrons. The largest absolute Gasteiger partial charge is 0.383 e. The molecule has 1 aromatic rings.